The van der Waals surface area contributed by atoms with Crippen LogP contribution in [0.4, 0.5) is 0 Å². The predicted molar refractivity (Wildman–Crippen MR) is 88.8 cm³/mol. The van der Waals surface area contributed by atoms with Gasteiger partial charge in [-0.1, -0.05) is 49.4 Å². The lowest BCUT2D eigenvalue weighted by atomic mass is 10.0. The van der Waals surface area contributed by atoms with Crippen molar-refractivity contribution in [2.45, 2.75) is 32.2 Å². The Morgan fingerprint density at radius 3 is 2.36 bits per heavy atom. The van der Waals surface area contributed by atoms with Gasteiger partial charge in [0.05, 0.1) is 6.04 Å². The third-order valence-electron chi connectivity index (χ3n) is 3.78. The Balaban J connectivity index is 2.10. The molecule has 2 aromatic carbocycles. The molecule has 0 bridgehead atoms. The summed E-state index contributed by atoms with van der Waals surface area (Å²) in [7, 11) is 0. The van der Waals surface area contributed by atoms with Crippen LogP contribution in [0.15, 0.2) is 54.6 Å². The molecule has 1 unspecified atom stereocenters. The molecule has 0 aromatic heterocycles. The Kier molecular flexibility index (Phi) is 6.16. The number of amides is 1. The molecule has 0 saturated carbocycles. The van der Waals surface area contributed by atoms with Gasteiger partial charge in [0.1, 0.15) is 0 Å². The number of benzene rings is 2. The maximum atomic E-state index is 12.4. The summed E-state index contributed by atoms with van der Waals surface area (Å²) in [6.45, 7) is 2.22. The average molecular weight is 297 g/mol. The number of hydrogen-bond acceptors (Lipinski definition) is 2. The minimum Gasteiger partial charge on any atom is -0.396 e. The van der Waals surface area contributed by atoms with E-state index < -0.39 is 0 Å². The van der Waals surface area contributed by atoms with Gasteiger partial charge in [-0.15, -0.1) is 0 Å². The maximum Gasteiger partial charge on any atom is 0.251 e. The van der Waals surface area contributed by atoms with Crippen LogP contribution in [-0.2, 0) is 6.42 Å². The summed E-state index contributed by atoms with van der Waals surface area (Å²) < 4.78 is 0. The fourth-order valence-corrected chi connectivity index (χ4v) is 2.44. The molecule has 0 fully saturated rings. The number of aliphatic hydroxyl groups excluding tert-OH is 1. The molecule has 1 atom stereocenters. The maximum absolute atomic E-state index is 12.4. The van der Waals surface area contributed by atoms with Gasteiger partial charge in [-0.05, 0) is 42.5 Å². The van der Waals surface area contributed by atoms with Crippen molar-refractivity contribution in [2.24, 2.45) is 0 Å². The number of aliphatic hydroxyl groups is 1. The van der Waals surface area contributed by atoms with Crippen molar-refractivity contribution in [3.8, 4) is 0 Å². The summed E-state index contributed by atoms with van der Waals surface area (Å²) in [5, 5.41) is 12.1. The standard InChI is InChI=1S/C19H23NO2/c1-2-15-10-12-17(13-11-15)19(22)20-18(9-6-14-21)16-7-4-3-5-8-16/h3-5,7-8,10-13,18,21H,2,6,9,14H2,1H3,(H,20,22). The Bertz CT molecular complexity index is 578. The third-order valence-corrected chi connectivity index (χ3v) is 3.78. The van der Waals surface area contributed by atoms with Gasteiger partial charge in [0, 0.05) is 12.2 Å². The number of carbonyl (C=O) groups is 1. The molecule has 2 rings (SSSR count). The van der Waals surface area contributed by atoms with Crippen LogP contribution >= 0.6 is 0 Å². The van der Waals surface area contributed by atoms with Crippen LogP contribution in [0.25, 0.3) is 0 Å². The van der Waals surface area contributed by atoms with Gasteiger partial charge in [0.15, 0.2) is 0 Å². The van der Waals surface area contributed by atoms with Crippen LogP contribution in [0.2, 0.25) is 0 Å². The van der Waals surface area contributed by atoms with Crippen LogP contribution < -0.4 is 5.32 Å². The molecular weight excluding hydrogens is 274 g/mol. The van der Waals surface area contributed by atoms with Gasteiger partial charge in [0.25, 0.3) is 5.91 Å². The number of aryl methyl sites for hydroxylation is 1. The van der Waals surface area contributed by atoms with Crippen molar-refractivity contribution in [3.05, 3.63) is 71.3 Å². The van der Waals surface area contributed by atoms with E-state index in [4.69, 9.17) is 5.11 Å². The van der Waals surface area contributed by atoms with Crippen LogP contribution in [0.3, 0.4) is 0 Å². The fourth-order valence-electron chi connectivity index (χ4n) is 2.44. The summed E-state index contributed by atoms with van der Waals surface area (Å²) in [5.74, 6) is -0.0746. The van der Waals surface area contributed by atoms with Crippen molar-refractivity contribution in [3.63, 3.8) is 0 Å². The van der Waals surface area contributed by atoms with E-state index in [-0.39, 0.29) is 18.6 Å². The van der Waals surface area contributed by atoms with Crippen LogP contribution in [-0.4, -0.2) is 17.6 Å². The molecule has 3 nitrogen and oxygen atoms in total. The number of carbonyl (C=O) groups excluding carboxylic acids is 1. The predicted octanol–water partition coefficient (Wildman–Crippen LogP) is 3.49. The third kappa shape index (κ3) is 4.43. The Morgan fingerprint density at radius 2 is 1.77 bits per heavy atom. The summed E-state index contributed by atoms with van der Waals surface area (Å²) in [6, 6.07) is 17.5. The highest BCUT2D eigenvalue weighted by atomic mass is 16.3. The Hall–Kier alpha value is -2.13. The zero-order valence-electron chi connectivity index (χ0n) is 13.0. The lowest BCUT2D eigenvalue weighted by molar-refractivity contribution is 0.0932. The molecular formula is C19H23NO2. The minimum atomic E-state index is -0.0771. The second-order valence-electron chi connectivity index (χ2n) is 5.35. The van der Waals surface area contributed by atoms with E-state index >= 15 is 0 Å². The molecule has 1 amide bonds. The molecule has 0 radical (unpaired) electrons. The first kappa shape index (κ1) is 16.2. The van der Waals surface area contributed by atoms with Crippen LogP contribution in [0.5, 0.6) is 0 Å². The van der Waals surface area contributed by atoms with Gasteiger partial charge in [-0.3, -0.25) is 4.79 Å². The van der Waals surface area contributed by atoms with Crippen molar-refractivity contribution >= 4 is 5.91 Å². The Labute approximate surface area is 132 Å². The first-order valence-corrected chi connectivity index (χ1v) is 7.80. The molecule has 116 valence electrons. The molecule has 2 N–H and O–H groups in total. The molecule has 2 aromatic rings. The zero-order chi connectivity index (χ0) is 15.8. The monoisotopic (exact) mass is 297 g/mol. The summed E-state index contributed by atoms with van der Waals surface area (Å²) >= 11 is 0. The quantitative estimate of drug-likeness (QED) is 0.822. The van der Waals surface area contributed by atoms with Crippen molar-refractivity contribution in [2.75, 3.05) is 6.61 Å². The molecule has 0 aliphatic heterocycles. The normalized spacial score (nSPS) is 11.9. The molecule has 0 heterocycles. The van der Waals surface area contributed by atoms with E-state index in [0.29, 0.717) is 12.0 Å². The Morgan fingerprint density at radius 1 is 1.09 bits per heavy atom. The number of hydrogen-bond donors (Lipinski definition) is 2. The minimum absolute atomic E-state index is 0.0746. The summed E-state index contributed by atoms with van der Waals surface area (Å²) in [4.78, 5) is 12.4. The lowest BCUT2D eigenvalue weighted by Gasteiger charge is -2.19. The first-order chi connectivity index (χ1) is 10.7. The van der Waals surface area contributed by atoms with Gasteiger partial charge in [0.2, 0.25) is 0 Å². The van der Waals surface area contributed by atoms with Gasteiger partial charge in [-0.25, -0.2) is 0 Å². The molecule has 3 heteroatoms. The molecule has 0 saturated heterocycles. The fraction of sp³-hybridized carbons (Fsp3) is 0.316. The number of nitrogens with one attached hydrogen (secondary N) is 1. The molecule has 22 heavy (non-hydrogen) atoms. The highest BCUT2D eigenvalue weighted by Gasteiger charge is 2.15. The highest BCUT2D eigenvalue weighted by molar-refractivity contribution is 5.94. The van der Waals surface area contributed by atoms with Gasteiger partial charge in [-0.2, -0.15) is 0 Å². The smallest absolute Gasteiger partial charge is 0.251 e. The van der Waals surface area contributed by atoms with Crippen molar-refractivity contribution < 1.29 is 9.90 Å². The summed E-state index contributed by atoms with van der Waals surface area (Å²) in [6.07, 6.45) is 2.35. The molecule has 0 aliphatic carbocycles. The van der Waals surface area contributed by atoms with Gasteiger partial charge < -0.3 is 10.4 Å². The highest BCUT2D eigenvalue weighted by Crippen LogP contribution is 2.19. The lowest BCUT2D eigenvalue weighted by Crippen LogP contribution is -2.28. The first-order valence-electron chi connectivity index (χ1n) is 7.80. The van der Waals surface area contributed by atoms with Crippen LogP contribution in [0, 0.1) is 0 Å². The van der Waals surface area contributed by atoms with E-state index in [1.54, 1.807) is 0 Å². The summed E-state index contributed by atoms with van der Waals surface area (Å²) in [5.41, 5.74) is 2.95. The van der Waals surface area contributed by atoms with E-state index in [9.17, 15) is 4.79 Å². The van der Waals surface area contributed by atoms with E-state index in [1.165, 1.54) is 5.56 Å². The van der Waals surface area contributed by atoms with Crippen molar-refractivity contribution in [1.29, 1.82) is 0 Å². The van der Waals surface area contributed by atoms with Gasteiger partial charge >= 0.3 is 0 Å². The number of rotatable bonds is 7. The SMILES string of the molecule is CCc1ccc(C(=O)NC(CCCO)c2ccccc2)cc1. The van der Waals surface area contributed by atoms with Crippen LogP contribution in [0.1, 0.15) is 47.3 Å². The van der Waals surface area contributed by atoms with Crippen molar-refractivity contribution in [1.82, 2.24) is 5.32 Å². The van der Waals surface area contributed by atoms with E-state index in [0.717, 1.165) is 18.4 Å². The largest absolute Gasteiger partial charge is 0.396 e. The molecule has 0 aliphatic rings. The second-order valence-corrected chi connectivity index (χ2v) is 5.35. The molecule has 0 spiro atoms. The topological polar surface area (TPSA) is 49.3 Å². The second kappa shape index (κ2) is 8.35. The zero-order valence-corrected chi connectivity index (χ0v) is 13.0. The van der Waals surface area contributed by atoms with E-state index in [2.05, 4.69) is 12.2 Å². The van der Waals surface area contributed by atoms with E-state index in [1.807, 2.05) is 54.6 Å². The average Bonchev–Trinajstić information content (AvgIpc) is 2.59.